The summed E-state index contributed by atoms with van der Waals surface area (Å²) in [6.07, 6.45) is -7.52. The molecule has 0 saturated heterocycles. The van der Waals surface area contributed by atoms with Crippen molar-refractivity contribution < 1.29 is 26.3 Å². The fraction of sp³-hybridized carbons (Fsp3) is 0.385. The largest absolute Gasteiger partial charge is 0.404 e. The summed E-state index contributed by atoms with van der Waals surface area (Å²) in [6, 6.07) is 10.1. The zero-order chi connectivity index (χ0) is 24.8. The number of nitrogens with zero attached hydrogens (tertiary/aromatic N) is 1. The van der Waals surface area contributed by atoms with Crippen LogP contribution in [0, 0.1) is 12.8 Å². The quantitative estimate of drug-likeness (QED) is 0.422. The molecule has 182 valence electrons. The first kappa shape index (κ1) is 24.2. The number of aryl methyl sites for hydroxylation is 1. The topological polar surface area (TPSA) is 15.3 Å². The number of fused-ring (bicyclic) bond motifs is 1. The SMILES string of the molecule is C=C(Nc1ccc(C(C(F)(F)F)C(F)(F)F)cc1)C1c2ccc(C)cc2CN1C(=C)C1CCC1. The van der Waals surface area contributed by atoms with Crippen molar-refractivity contribution in [2.75, 3.05) is 5.32 Å². The maximum Gasteiger partial charge on any atom is 0.404 e. The highest BCUT2D eigenvalue weighted by Gasteiger charge is 2.57. The van der Waals surface area contributed by atoms with Gasteiger partial charge in [0, 0.05) is 23.6 Å². The van der Waals surface area contributed by atoms with Crippen LogP contribution in [0.4, 0.5) is 32.0 Å². The standard InChI is InChI=1S/C26H26F6N2/c1-15-7-12-22-20(13-15)14-34(17(3)18-5-4-6-18)23(22)16(2)33-21-10-8-19(9-11-21)24(25(27,28)29)26(30,31)32/h7-13,18,23-24,33H,2-6,14H2,1H3. The summed E-state index contributed by atoms with van der Waals surface area (Å²) in [4.78, 5) is 2.20. The van der Waals surface area contributed by atoms with Crippen molar-refractivity contribution in [3.63, 3.8) is 0 Å². The number of nitrogens with one attached hydrogen (secondary N) is 1. The third kappa shape index (κ3) is 4.68. The minimum absolute atomic E-state index is 0.235. The van der Waals surface area contributed by atoms with E-state index in [-0.39, 0.29) is 6.04 Å². The third-order valence-electron chi connectivity index (χ3n) is 6.72. The molecule has 1 N–H and O–H groups in total. The molecule has 2 aromatic carbocycles. The number of hydrogen-bond donors (Lipinski definition) is 1. The highest BCUT2D eigenvalue weighted by Crippen LogP contribution is 2.47. The summed E-state index contributed by atoms with van der Waals surface area (Å²) in [7, 11) is 0. The van der Waals surface area contributed by atoms with E-state index in [4.69, 9.17) is 0 Å². The Morgan fingerprint density at radius 2 is 1.59 bits per heavy atom. The molecule has 34 heavy (non-hydrogen) atoms. The van der Waals surface area contributed by atoms with E-state index in [2.05, 4.69) is 29.4 Å². The van der Waals surface area contributed by atoms with Gasteiger partial charge < -0.3 is 10.2 Å². The Bertz CT molecular complexity index is 1070. The molecule has 2 aliphatic rings. The summed E-state index contributed by atoms with van der Waals surface area (Å²) < 4.78 is 78.2. The van der Waals surface area contributed by atoms with E-state index in [1.807, 2.05) is 19.1 Å². The van der Waals surface area contributed by atoms with Crippen molar-refractivity contribution in [1.29, 1.82) is 0 Å². The summed E-state index contributed by atoms with van der Waals surface area (Å²) in [5.74, 6) is -3.12. The van der Waals surface area contributed by atoms with Crippen LogP contribution < -0.4 is 5.32 Å². The van der Waals surface area contributed by atoms with Crippen LogP contribution in [-0.2, 0) is 6.54 Å². The molecule has 8 heteroatoms. The van der Waals surface area contributed by atoms with E-state index < -0.39 is 23.8 Å². The average Bonchev–Trinajstić information content (AvgIpc) is 3.04. The monoisotopic (exact) mass is 480 g/mol. The lowest BCUT2D eigenvalue weighted by Gasteiger charge is -2.38. The maximum atomic E-state index is 13.0. The van der Waals surface area contributed by atoms with Crippen molar-refractivity contribution in [1.82, 2.24) is 4.90 Å². The lowest BCUT2D eigenvalue weighted by atomic mass is 9.82. The highest BCUT2D eigenvalue weighted by atomic mass is 19.4. The molecule has 1 atom stereocenters. The van der Waals surface area contributed by atoms with Crippen LogP contribution in [0.15, 0.2) is 67.0 Å². The van der Waals surface area contributed by atoms with Gasteiger partial charge in [-0.25, -0.2) is 0 Å². The molecule has 0 radical (unpaired) electrons. The fourth-order valence-electron chi connectivity index (χ4n) is 4.78. The fourth-order valence-corrected chi connectivity index (χ4v) is 4.78. The van der Waals surface area contributed by atoms with E-state index in [0.717, 1.165) is 53.8 Å². The van der Waals surface area contributed by atoms with Gasteiger partial charge in [0.15, 0.2) is 5.92 Å². The van der Waals surface area contributed by atoms with E-state index in [9.17, 15) is 26.3 Å². The number of anilines is 1. The molecule has 2 aromatic rings. The molecule has 0 aromatic heterocycles. The number of halogens is 6. The van der Waals surface area contributed by atoms with E-state index in [1.54, 1.807) is 0 Å². The van der Waals surface area contributed by atoms with Gasteiger partial charge in [0.25, 0.3) is 0 Å². The van der Waals surface area contributed by atoms with Crippen molar-refractivity contribution in [3.05, 3.63) is 89.3 Å². The average molecular weight is 480 g/mol. The molecule has 1 heterocycles. The number of allylic oxidation sites excluding steroid dienone is 1. The van der Waals surface area contributed by atoms with Gasteiger partial charge in [0.05, 0.1) is 6.04 Å². The lowest BCUT2D eigenvalue weighted by molar-refractivity contribution is -0.253. The smallest absolute Gasteiger partial charge is 0.358 e. The molecule has 1 saturated carbocycles. The predicted molar refractivity (Wildman–Crippen MR) is 120 cm³/mol. The molecule has 1 aliphatic carbocycles. The van der Waals surface area contributed by atoms with E-state index in [0.29, 0.717) is 23.8 Å². The Morgan fingerprint density at radius 3 is 2.12 bits per heavy atom. The van der Waals surface area contributed by atoms with E-state index in [1.165, 1.54) is 12.1 Å². The van der Waals surface area contributed by atoms with Crippen LogP contribution in [0.5, 0.6) is 0 Å². The molecule has 0 amide bonds. The van der Waals surface area contributed by atoms with Crippen LogP contribution >= 0.6 is 0 Å². The number of benzene rings is 2. The van der Waals surface area contributed by atoms with Gasteiger partial charge in [-0.15, -0.1) is 0 Å². The summed E-state index contributed by atoms with van der Waals surface area (Å²) in [5, 5.41) is 3.10. The minimum atomic E-state index is -5.43. The van der Waals surface area contributed by atoms with Crippen LogP contribution in [0.2, 0.25) is 0 Å². The first-order chi connectivity index (χ1) is 15.9. The number of hydrogen-bond acceptors (Lipinski definition) is 2. The van der Waals surface area contributed by atoms with Crippen LogP contribution in [0.1, 0.15) is 53.5 Å². The number of rotatable bonds is 6. The normalized spacial score (nSPS) is 18.6. The van der Waals surface area contributed by atoms with Crippen LogP contribution in [0.3, 0.4) is 0 Å². The van der Waals surface area contributed by atoms with Gasteiger partial charge in [-0.3, -0.25) is 0 Å². The lowest BCUT2D eigenvalue weighted by Crippen LogP contribution is -2.34. The Balaban J connectivity index is 1.57. The Hall–Kier alpha value is -2.90. The molecular weight excluding hydrogens is 454 g/mol. The van der Waals surface area contributed by atoms with Crippen molar-refractivity contribution in [2.24, 2.45) is 5.92 Å². The van der Waals surface area contributed by atoms with Crippen molar-refractivity contribution >= 4 is 5.69 Å². The third-order valence-corrected chi connectivity index (χ3v) is 6.72. The summed E-state index contributed by atoms with van der Waals surface area (Å²) in [6.45, 7) is 11.2. The second-order valence-electron chi connectivity index (χ2n) is 9.14. The first-order valence-electron chi connectivity index (χ1n) is 11.1. The minimum Gasteiger partial charge on any atom is -0.358 e. The first-order valence-corrected chi connectivity index (χ1v) is 11.1. The highest BCUT2D eigenvalue weighted by molar-refractivity contribution is 5.53. The van der Waals surface area contributed by atoms with Gasteiger partial charge in [0.2, 0.25) is 0 Å². The molecule has 1 unspecified atom stereocenters. The Morgan fingerprint density at radius 1 is 0.971 bits per heavy atom. The summed E-state index contributed by atoms with van der Waals surface area (Å²) >= 11 is 0. The molecule has 2 nitrogen and oxygen atoms in total. The molecule has 0 spiro atoms. The second-order valence-corrected chi connectivity index (χ2v) is 9.14. The van der Waals surface area contributed by atoms with Crippen molar-refractivity contribution in [2.45, 2.75) is 57.0 Å². The van der Waals surface area contributed by atoms with Crippen LogP contribution in [-0.4, -0.2) is 17.3 Å². The Kier molecular flexibility index (Phi) is 6.21. The molecule has 1 fully saturated rings. The molecule has 1 aliphatic heterocycles. The van der Waals surface area contributed by atoms with Crippen molar-refractivity contribution in [3.8, 4) is 0 Å². The Labute approximate surface area is 195 Å². The predicted octanol–water partition coefficient (Wildman–Crippen LogP) is 8.00. The van der Waals surface area contributed by atoms with Gasteiger partial charge >= 0.3 is 12.4 Å². The molecule has 4 rings (SSSR count). The van der Waals surface area contributed by atoms with Gasteiger partial charge in [-0.1, -0.05) is 55.5 Å². The van der Waals surface area contributed by atoms with Crippen LogP contribution in [0.25, 0.3) is 0 Å². The number of alkyl halides is 6. The van der Waals surface area contributed by atoms with Gasteiger partial charge in [-0.2, -0.15) is 26.3 Å². The zero-order valence-corrected chi connectivity index (χ0v) is 18.7. The van der Waals surface area contributed by atoms with E-state index >= 15 is 0 Å². The second kappa shape index (κ2) is 8.71. The molecular formula is C26H26F6N2. The van der Waals surface area contributed by atoms with Gasteiger partial charge in [-0.05, 0) is 54.5 Å². The van der Waals surface area contributed by atoms with Gasteiger partial charge in [0.1, 0.15) is 0 Å². The molecule has 0 bridgehead atoms. The zero-order valence-electron chi connectivity index (χ0n) is 18.7. The summed E-state index contributed by atoms with van der Waals surface area (Å²) in [5.41, 5.74) is 4.48. The maximum absolute atomic E-state index is 13.0.